The minimum Gasteiger partial charge on any atom is -0.381 e. The van der Waals surface area contributed by atoms with E-state index in [1.54, 1.807) is 6.20 Å². The van der Waals surface area contributed by atoms with E-state index >= 15 is 0 Å². The second kappa shape index (κ2) is 9.17. The Morgan fingerprint density at radius 2 is 2.07 bits per heavy atom. The van der Waals surface area contributed by atoms with Crippen LogP contribution in [-0.4, -0.2) is 49.9 Å². The number of rotatable bonds is 7. The molecular formula is C21H27N7O2. The highest BCUT2D eigenvalue weighted by Gasteiger charge is 2.22. The number of hydrogen-bond acceptors (Lipinski definition) is 7. The van der Waals surface area contributed by atoms with Crippen LogP contribution in [0.15, 0.2) is 24.8 Å². The molecular weight excluding hydrogens is 382 g/mol. The van der Waals surface area contributed by atoms with Crippen LogP contribution >= 0.6 is 0 Å². The minimum atomic E-state index is -0.258. The fraction of sp³-hybridized carbons (Fsp3) is 0.476. The zero-order chi connectivity index (χ0) is 20.9. The number of hydrogen-bond donors (Lipinski definition) is 2. The summed E-state index contributed by atoms with van der Waals surface area (Å²) in [5.74, 6) is -0.258. The largest absolute Gasteiger partial charge is 0.381 e. The lowest BCUT2D eigenvalue weighted by molar-refractivity contribution is 0.0904. The van der Waals surface area contributed by atoms with Crippen molar-refractivity contribution in [2.75, 3.05) is 18.5 Å². The van der Waals surface area contributed by atoms with Crippen LogP contribution in [0.4, 0.5) is 5.69 Å². The van der Waals surface area contributed by atoms with Gasteiger partial charge in [-0.3, -0.25) is 9.78 Å². The number of pyridine rings is 1. The molecule has 1 fully saturated rings. The van der Waals surface area contributed by atoms with Gasteiger partial charge in [-0.1, -0.05) is 6.92 Å². The Morgan fingerprint density at radius 1 is 1.23 bits per heavy atom. The lowest BCUT2D eigenvalue weighted by atomic mass is 10.0. The zero-order valence-electron chi connectivity index (χ0n) is 17.4. The number of carbonyl (C=O) groups is 1. The fourth-order valence-electron chi connectivity index (χ4n) is 3.78. The third kappa shape index (κ3) is 4.11. The maximum Gasteiger partial charge on any atom is 0.271 e. The number of nitrogens with one attached hydrogen (secondary N) is 2. The number of carbonyl (C=O) groups excluding carboxylic acids is 1. The van der Waals surface area contributed by atoms with Crippen molar-refractivity contribution in [2.24, 2.45) is 0 Å². The first-order chi connectivity index (χ1) is 14.7. The summed E-state index contributed by atoms with van der Waals surface area (Å²) in [6.45, 7) is 6.73. The summed E-state index contributed by atoms with van der Waals surface area (Å²) < 4.78 is 7.42. The maximum absolute atomic E-state index is 12.5. The molecule has 3 aromatic heterocycles. The van der Waals surface area contributed by atoms with Gasteiger partial charge in [-0.2, -0.15) is 5.10 Å². The summed E-state index contributed by atoms with van der Waals surface area (Å²) in [5.41, 5.74) is 4.11. The predicted molar refractivity (Wildman–Crippen MR) is 113 cm³/mol. The molecule has 30 heavy (non-hydrogen) atoms. The summed E-state index contributed by atoms with van der Waals surface area (Å²) in [6.07, 6.45) is 9.02. The number of anilines is 1. The standard InChI is InChI=1S/C21H27N7O2/c1-3-17-15(11-24-21(29)18-13-22-7-8-23-18)19(26-14-5-9-30-10-6-14)16-12-25-28(4-2)20(16)27-17/h7-8,12-14H,3-6,9-11H2,1-2H3,(H,24,29)(H,26,27). The van der Waals surface area contributed by atoms with E-state index in [1.807, 2.05) is 10.9 Å². The second-order valence-electron chi connectivity index (χ2n) is 7.27. The lowest BCUT2D eigenvalue weighted by Crippen LogP contribution is -2.30. The van der Waals surface area contributed by atoms with E-state index in [4.69, 9.17) is 9.72 Å². The van der Waals surface area contributed by atoms with Crippen LogP contribution in [0.3, 0.4) is 0 Å². The van der Waals surface area contributed by atoms with E-state index in [0.717, 1.165) is 67.0 Å². The molecule has 1 saturated heterocycles. The second-order valence-corrected chi connectivity index (χ2v) is 7.27. The Balaban J connectivity index is 1.70. The Morgan fingerprint density at radius 3 is 2.77 bits per heavy atom. The van der Waals surface area contributed by atoms with Crippen LogP contribution in [0.5, 0.6) is 0 Å². The smallest absolute Gasteiger partial charge is 0.271 e. The van der Waals surface area contributed by atoms with Gasteiger partial charge in [0.1, 0.15) is 5.69 Å². The van der Waals surface area contributed by atoms with Crippen molar-refractivity contribution in [3.63, 3.8) is 0 Å². The SMILES string of the molecule is CCc1nc2c(cnn2CC)c(NC2CCOCC2)c1CNC(=O)c1cnccn1. The third-order valence-electron chi connectivity index (χ3n) is 5.40. The first-order valence-corrected chi connectivity index (χ1v) is 10.5. The summed E-state index contributed by atoms with van der Waals surface area (Å²) in [5, 5.41) is 12.2. The average molecular weight is 409 g/mol. The van der Waals surface area contributed by atoms with Crippen LogP contribution < -0.4 is 10.6 Å². The van der Waals surface area contributed by atoms with Gasteiger partial charge in [0.25, 0.3) is 5.91 Å². The van der Waals surface area contributed by atoms with Crippen molar-refractivity contribution in [3.05, 3.63) is 41.7 Å². The molecule has 4 heterocycles. The van der Waals surface area contributed by atoms with Crippen LogP contribution in [-0.2, 0) is 24.2 Å². The van der Waals surface area contributed by atoms with Gasteiger partial charge >= 0.3 is 0 Å². The molecule has 3 aromatic rings. The molecule has 1 amide bonds. The molecule has 1 aliphatic heterocycles. The maximum atomic E-state index is 12.5. The first kappa shape index (κ1) is 20.2. The number of nitrogens with zero attached hydrogens (tertiary/aromatic N) is 5. The van der Waals surface area contributed by atoms with E-state index in [-0.39, 0.29) is 5.91 Å². The molecule has 1 aliphatic rings. The molecule has 9 heteroatoms. The molecule has 0 saturated carbocycles. The van der Waals surface area contributed by atoms with Crippen LogP contribution in [0.2, 0.25) is 0 Å². The van der Waals surface area contributed by atoms with Gasteiger partial charge < -0.3 is 15.4 Å². The van der Waals surface area contributed by atoms with Gasteiger partial charge in [-0.25, -0.2) is 14.6 Å². The van der Waals surface area contributed by atoms with E-state index in [2.05, 4.69) is 39.5 Å². The Labute approximate surface area is 175 Å². The van der Waals surface area contributed by atoms with Gasteiger partial charge in [0, 0.05) is 56.0 Å². The van der Waals surface area contributed by atoms with Gasteiger partial charge in [0.2, 0.25) is 0 Å². The number of aromatic nitrogens is 5. The average Bonchev–Trinajstić information content (AvgIpc) is 3.22. The van der Waals surface area contributed by atoms with E-state index in [0.29, 0.717) is 18.3 Å². The normalized spacial score (nSPS) is 14.7. The Hall–Kier alpha value is -3.07. The lowest BCUT2D eigenvalue weighted by Gasteiger charge is -2.26. The molecule has 0 unspecified atom stereocenters. The van der Waals surface area contributed by atoms with Crippen molar-refractivity contribution >= 4 is 22.6 Å². The monoisotopic (exact) mass is 409 g/mol. The van der Waals surface area contributed by atoms with E-state index in [9.17, 15) is 4.79 Å². The van der Waals surface area contributed by atoms with Crippen LogP contribution in [0.1, 0.15) is 48.4 Å². The van der Waals surface area contributed by atoms with Crippen LogP contribution in [0, 0.1) is 0 Å². The number of fused-ring (bicyclic) bond motifs is 1. The predicted octanol–water partition coefficient (Wildman–Crippen LogP) is 2.32. The fourth-order valence-corrected chi connectivity index (χ4v) is 3.78. The highest BCUT2D eigenvalue weighted by atomic mass is 16.5. The molecule has 2 N–H and O–H groups in total. The zero-order valence-corrected chi connectivity index (χ0v) is 17.4. The Kier molecular flexibility index (Phi) is 6.18. The van der Waals surface area contributed by atoms with Crippen molar-refractivity contribution in [1.82, 2.24) is 30.0 Å². The molecule has 0 radical (unpaired) electrons. The van der Waals surface area contributed by atoms with Crippen molar-refractivity contribution < 1.29 is 9.53 Å². The summed E-state index contributed by atoms with van der Waals surface area (Å²) >= 11 is 0. The first-order valence-electron chi connectivity index (χ1n) is 10.5. The summed E-state index contributed by atoms with van der Waals surface area (Å²) in [4.78, 5) is 25.5. The third-order valence-corrected chi connectivity index (χ3v) is 5.40. The molecule has 0 atom stereocenters. The molecule has 0 bridgehead atoms. The summed E-state index contributed by atoms with van der Waals surface area (Å²) in [6, 6.07) is 0.313. The van der Waals surface area contributed by atoms with Crippen molar-refractivity contribution in [1.29, 1.82) is 0 Å². The molecule has 0 aliphatic carbocycles. The number of amides is 1. The Bertz CT molecular complexity index is 1010. The molecule has 0 aromatic carbocycles. The highest BCUT2D eigenvalue weighted by Crippen LogP contribution is 2.31. The van der Waals surface area contributed by atoms with E-state index in [1.165, 1.54) is 12.4 Å². The topological polar surface area (TPSA) is 107 Å². The summed E-state index contributed by atoms with van der Waals surface area (Å²) in [7, 11) is 0. The quantitative estimate of drug-likeness (QED) is 0.617. The molecule has 0 spiro atoms. The molecule has 158 valence electrons. The van der Waals surface area contributed by atoms with Crippen molar-refractivity contribution in [2.45, 2.75) is 52.2 Å². The van der Waals surface area contributed by atoms with Crippen LogP contribution in [0.25, 0.3) is 11.0 Å². The van der Waals surface area contributed by atoms with Crippen molar-refractivity contribution in [3.8, 4) is 0 Å². The van der Waals surface area contributed by atoms with Gasteiger partial charge in [-0.15, -0.1) is 0 Å². The van der Waals surface area contributed by atoms with E-state index < -0.39 is 0 Å². The number of aryl methyl sites for hydroxylation is 2. The van der Waals surface area contributed by atoms with Gasteiger partial charge in [-0.05, 0) is 26.2 Å². The van der Waals surface area contributed by atoms with Gasteiger partial charge in [0.15, 0.2) is 5.65 Å². The number of ether oxygens (including phenoxy) is 1. The van der Waals surface area contributed by atoms with Gasteiger partial charge in [0.05, 0.1) is 23.5 Å². The minimum absolute atomic E-state index is 0.258. The molecule has 4 rings (SSSR count). The highest BCUT2D eigenvalue weighted by molar-refractivity contribution is 5.93. The molecule has 9 nitrogen and oxygen atoms in total.